The van der Waals surface area contributed by atoms with E-state index in [1.165, 1.54) is 6.92 Å². The SMILES string of the molecule is CC(=O)c1c(N2CCCCC2)[nH]c2c(F)cc(F)cc2c1=O. The summed E-state index contributed by atoms with van der Waals surface area (Å²) >= 11 is 0. The number of hydrogen-bond donors (Lipinski definition) is 1. The molecule has 0 saturated carbocycles. The molecule has 0 aliphatic carbocycles. The molecule has 1 fully saturated rings. The van der Waals surface area contributed by atoms with Gasteiger partial charge in [0.2, 0.25) is 5.43 Å². The third-order valence-electron chi connectivity index (χ3n) is 4.03. The van der Waals surface area contributed by atoms with E-state index in [0.717, 1.165) is 31.4 Å². The van der Waals surface area contributed by atoms with Gasteiger partial charge in [-0.3, -0.25) is 9.59 Å². The summed E-state index contributed by atoms with van der Waals surface area (Å²) < 4.78 is 27.4. The summed E-state index contributed by atoms with van der Waals surface area (Å²) in [5, 5.41) is -0.136. The molecule has 6 heteroatoms. The number of fused-ring (bicyclic) bond motifs is 1. The fourth-order valence-corrected chi connectivity index (χ4v) is 2.98. The molecule has 116 valence electrons. The molecule has 22 heavy (non-hydrogen) atoms. The number of nitrogens with zero attached hydrogens (tertiary/aromatic N) is 1. The number of carbonyl (C=O) groups excluding carboxylic acids is 1. The van der Waals surface area contributed by atoms with Crippen LogP contribution in [0.1, 0.15) is 36.5 Å². The fraction of sp³-hybridized carbons (Fsp3) is 0.375. The Hall–Kier alpha value is -2.24. The van der Waals surface area contributed by atoms with E-state index in [9.17, 15) is 18.4 Å². The first-order valence-electron chi connectivity index (χ1n) is 7.30. The highest BCUT2D eigenvalue weighted by atomic mass is 19.1. The van der Waals surface area contributed by atoms with Crippen molar-refractivity contribution in [2.24, 2.45) is 0 Å². The molecule has 0 spiro atoms. The zero-order chi connectivity index (χ0) is 15.9. The summed E-state index contributed by atoms with van der Waals surface area (Å²) in [6, 6.07) is 1.69. The Labute approximate surface area is 125 Å². The summed E-state index contributed by atoms with van der Waals surface area (Å²) in [6.07, 6.45) is 2.98. The average molecular weight is 306 g/mol. The van der Waals surface area contributed by atoms with E-state index in [4.69, 9.17) is 0 Å². The van der Waals surface area contributed by atoms with Gasteiger partial charge in [0, 0.05) is 19.2 Å². The topological polar surface area (TPSA) is 53.2 Å². The largest absolute Gasteiger partial charge is 0.357 e. The molecule has 2 heterocycles. The molecule has 1 saturated heterocycles. The lowest BCUT2D eigenvalue weighted by Crippen LogP contribution is -2.33. The van der Waals surface area contributed by atoms with E-state index in [1.54, 1.807) is 0 Å². The smallest absolute Gasteiger partial charge is 0.202 e. The molecule has 0 amide bonds. The van der Waals surface area contributed by atoms with Crippen molar-refractivity contribution in [2.45, 2.75) is 26.2 Å². The number of benzene rings is 1. The first-order valence-corrected chi connectivity index (χ1v) is 7.30. The Balaban J connectivity index is 2.33. The van der Waals surface area contributed by atoms with Gasteiger partial charge >= 0.3 is 0 Å². The summed E-state index contributed by atoms with van der Waals surface area (Å²) in [7, 11) is 0. The van der Waals surface area contributed by atoms with Gasteiger partial charge < -0.3 is 9.88 Å². The van der Waals surface area contributed by atoms with E-state index in [-0.39, 0.29) is 16.5 Å². The number of Topliss-reactive ketones (excluding diaryl/α,β-unsaturated/α-hetero) is 1. The van der Waals surface area contributed by atoms with E-state index >= 15 is 0 Å². The third kappa shape index (κ3) is 2.38. The van der Waals surface area contributed by atoms with Crippen LogP contribution in [-0.4, -0.2) is 23.9 Å². The molecular weight excluding hydrogens is 290 g/mol. The van der Waals surface area contributed by atoms with Crippen molar-refractivity contribution >= 4 is 22.5 Å². The van der Waals surface area contributed by atoms with E-state index in [2.05, 4.69) is 4.98 Å². The third-order valence-corrected chi connectivity index (χ3v) is 4.03. The van der Waals surface area contributed by atoms with Crippen LogP contribution in [0.15, 0.2) is 16.9 Å². The minimum absolute atomic E-state index is 0.0283. The Morgan fingerprint density at radius 1 is 1.18 bits per heavy atom. The van der Waals surface area contributed by atoms with Gasteiger partial charge in [-0.05, 0) is 32.3 Å². The average Bonchev–Trinajstić information content (AvgIpc) is 2.48. The zero-order valence-corrected chi connectivity index (χ0v) is 12.2. The number of rotatable bonds is 2. The van der Waals surface area contributed by atoms with Crippen LogP contribution in [0.2, 0.25) is 0 Å². The molecule has 0 bridgehead atoms. The Morgan fingerprint density at radius 3 is 2.50 bits per heavy atom. The number of halogens is 2. The molecule has 0 radical (unpaired) electrons. The summed E-state index contributed by atoms with van der Waals surface area (Å²) in [4.78, 5) is 29.2. The molecule has 1 aromatic carbocycles. The van der Waals surface area contributed by atoms with Gasteiger partial charge in [-0.25, -0.2) is 8.78 Å². The van der Waals surface area contributed by atoms with Crippen molar-refractivity contribution in [1.82, 2.24) is 4.98 Å². The number of anilines is 1. The van der Waals surface area contributed by atoms with Gasteiger partial charge in [0.15, 0.2) is 5.78 Å². The molecule has 1 N–H and O–H groups in total. The normalized spacial score (nSPS) is 15.3. The number of aromatic amines is 1. The molecule has 1 aliphatic rings. The molecule has 3 rings (SSSR count). The number of nitrogens with one attached hydrogen (secondary N) is 1. The Bertz CT molecular complexity index is 808. The quantitative estimate of drug-likeness (QED) is 0.868. The molecular formula is C16H16F2N2O2. The Kier molecular flexibility index (Phi) is 3.68. The molecule has 2 aromatic rings. The second kappa shape index (κ2) is 5.51. The monoisotopic (exact) mass is 306 g/mol. The van der Waals surface area contributed by atoms with Gasteiger partial charge in [-0.2, -0.15) is 0 Å². The maximum atomic E-state index is 14.0. The number of H-pyrrole nitrogens is 1. The number of pyridine rings is 1. The highest BCUT2D eigenvalue weighted by Crippen LogP contribution is 2.25. The highest BCUT2D eigenvalue weighted by Gasteiger charge is 2.23. The Morgan fingerprint density at radius 2 is 1.86 bits per heavy atom. The van der Waals surface area contributed by atoms with E-state index < -0.39 is 22.8 Å². The van der Waals surface area contributed by atoms with E-state index in [1.807, 2.05) is 4.90 Å². The van der Waals surface area contributed by atoms with Crippen molar-refractivity contribution in [1.29, 1.82) is 0 Å². The minimum Gasteiger partial charge on any atom is -0.357 e. The predicted octanol–water partition coefficient (Wildman–Crippen LogP) is 3.00. The van der Waals surface area contributed by atoms with Crippen LogP contribution in [0, 0.1) is 11.6 Å². The maximum Gasteiger partial charge on any atom is 0.202 e. The summed E-state index contributed by atoms with van der Waals surface area (Å²) in [6.45, 7) is 2.69. The van der Waals surface area contributed by atoms with Gasteiger partial charge in [0.25, 0.3) is 0 Å². The predicted molar refractivity (Wildman–Crippen MR) is 80.6 cm³/mol. The van der Waals surface area contributed by atoms with Crippen molar-refractivity contribution in [3.63, 3.8) is 0 Å². The highest BCUT2D eigenvalue weighted by molar-refractivity contribution is 6.02. The maximum absolute atomic E-state index is 14.0. The first kappa shape index (κ1) is 14.7. The van der Waals surface area contributed by atoms with Gasteiger partial charge in [-0.1, -0.05) is 0 Å². The van der Waals surface area contributed by atoms with Crippen molar-refractivity contribution in [2.75, 3.05) is 18.0 Å². The number of aromatic nitrogens is 1. The van der Waals surface area contributed by atoms with Crippen molar-refractivity contribution in [3.05, 3.63) is 39.6 Å². The zero-order valence-electron chi connectivity index (χ0n) is 12.2. The lowest BCUT2D eigenvalue weighted by Gasteiger charge is -2.29. The second-order valence-corrected chi connectivity index (χ2v) is 5.59. The van der Waals surface area contributed by atoms with Crippen molar-refractivity contribution in [3.8, 4) is 0 Å². The van der Waals surface area contributed by atoms with Crippen LogP contribution in [0.4, 0.5) is 14.6 Å². The molecule has 0 unspecified atom stereocenters. The van der Waals surface area contributed by atoms with Gasteiger partial charge in [-0.15, -0.1) is 0 Å². The van der Waals surface area contributed by atoms with Crippen LogP contribution in [0.3, 0.4) is 0 Å². The lowest BCUT2D eigenvalue weighted by atomic mass is 10.0. The number of piperidine rings is 1. The molecule has 1 aromatic heterocycles. The van der Waals surface area contributed by atoms with Crippen LogP contribution in [0.5, 0.6) is 0 Å². The van der Waals surface area contributed by atoms with Gasteiger partial charge in [0.1, 0.15) is 23.0 Å². The molecule has 1 aliphatic heterocycles. The molecule has 0 atom stereocenters. The van der Waals surface area contributed by atoms with Crippen LogP contribution in [0.25, 0.3) is 10.9 Å². The number of hydrogen-bond acceptors (Lipinski definition) is 3. The van der Waals surface area contributed by atoms with Crippen LogP contribution in [-0.2, 0) is 0 Å². The summed E-state index contributed by atoms with van der Waals surface area (Å²) in [5.41, 5.74) is -0.711. The first-order chi connectivity index (χ1) is 10.5. The minimum atomic E-state index is -0.837. The summed E-state index contributed by atoms with van der Waals surface area (Å²) in [5.74, 6) is -1.74. The number of carbonyl (C=O) groups is 1. The van der Waals surface area contributed by atoms with Gasteiger partial charge in [0.05, 0.1) is 10.9 Å². The standard InChI is InChI=1S/C16H16F2N2O2/c1-9(21)13-15(22)11-7-10(17)8-12(18)14(11)19-16(13)20-5-3-2-4-6-20/h7-8H,2-6H2,1H3,(H,19,22). The second-order valence-electron chi connectivity index (χ2n) is 5.59. The lowest BCUT2D eigenvalue weighted by molar-refractivity contribution is 0.101. The van der Waals surface area contributed by atoms with Crippen LogP contribution >= 0.6 is 0 Å². The number of ketones is 1. The van der Waals surface area contributed by atoms with Crippen molar-refractivity contribution < 1.29 is 13.6 Å². The van der Waals surface area contributed by atoms with E-state index in [0.29, 0.717) is 18.9 Å². The molecule has 4 nitrogen and oxygen atoms in total. The van der Waals surface area contributed by atoms with Crippen LogP contribution < -0.4 is 10.3 Å². The fourth-order valence-electron chi connectivity index (χ4n) is 2.98.